The summed E-state index contributed by atoms with van der Waals surface area (Å²) in [5, 5.41) is 5.09. The number of aromatic nitrogens is 1. The third-order valence-electron chi connectivity index (χ3n) is 3.09. The van der Waals surface area contributed by atoms with Gasteiger partial charge in [0, 0.05) is 18.4 Å². The second-order valence-electron chi connectivity index (χ2n) is 6.21. The number of hydrogen-bond donors (Lipinski definition) is 2. The van der Waals surface area contributed by atoms with E-state index in [1.54, 1.807) is 6.20 Å². The summed E-state index contributed by atoms with van der Waals surface area (Å²) < 4.78 is 33.0. The van der Waals surface area contributed by atoms with Gasteiger partial charge in [-0.15, -0.1) is 0 Å². The second kappa shape index (κ2) is 6.36. The van der Waals surface area contributed by atoms with Gasteiger partial charge in [0.1, 0.15) is 17.4 Å². The Bertz CT molecular complexity index is 721. The van der Waals surface area contributed by atoms with Crippen LogP contribution in [0.2, 0.25) is 0 Å². The van der Waals surface area contributed by atoms with Gasteiger partial charge in [0.25, 0.3) is 0 Å². The highest BCUT2D eigenvalue weighted by Gasteiger charge is 2.19. The normalized spacial score (nSPS) is 11.4. The second-order valence-corrected chi connectivity index (χ2v) is 6.21. The van der Waals surface area contributed by atoms with Gasteiger partial charge in [0.15, 0.2) is 0 Å². The van der Waals surface area contributed by atoms with Crippen molar-refractivity contribution in [1.29, 1.82) is 0 Å². The van der Waals surface area contributed by atoms with E-state index < -0.39 is 17.5 Å². The van der Waals surface area contributed by atoms with Crippen molar-refractivity contribution in [2.75, 3.05) is 10.6 Å². The number of hydrogen-bond acceptors (Lipinski definition) is 4. The molecule has 0 radical (unpaired) electrons. The van der Waals surface area contributed by atoms with Crippen LogP contribution in [0.4, 0.5) is 20.2 Å². The zero-order valence-electron chi connectivity index (χ0n) is 13.5. The fourth-order valence-corrected chi connectivity index (χ4v) is 1.88. The molecule has 0 unspecified atom stereocenters. The number of halogens is 2. The van der Waals surface area contributed by atoms with Crippen LogP contribution in [0.5, 0.6) is 0 Å². The van der Waals surface area contributed by atoms with E-state index in [0.29, 0.717) is 17.7 Å². The first-order valence-corrected chi connectivity index (χ1v) is 7.12. The van der Waals surface area contributed by atoms with Crippen molar-refractivity contribution < 1.29 is 18.0 Å². The molecule has 0 aliphatic carbocycles. The van der Waals surface area contributed by atoms with E-state index in [1.165, 1.54) is 13.0 Å². The number of rotatable bonds is 4. The molecule has 5 nitrogen and oxygen atoms in total. The van der Waals surface area contributed by atoms with Crippen LogP contribution in [0.1, 0.15) is 39.3 Å². The number of carbonyl (C=O) groups excluding carboxylic acids is 1. The van der Waals surface area contributed by atoms with Crippen molar-refractivity contribution >= 4 is 17.3 Å². The van der Waals surface area contributed by atoms with Crippen molar-refractivity contribution in [2.45, 2.75) is 39.7 Å². The minimum absolute atomic E-state index is 0.0469. The van der Waals surface area contributed by atoms with Crippen LogP contribution >= 0.6 is 0 Å². The molecule has 1 aromatic heterocycles. The maximum Gasteiger partial charge on any atom is 0.221 e. The molecule has 2 N–H and O–H groups in total. The number of benzene rings is 1. The quantitative estimate of drug-likeness (QED) is 0.897. The number of amides is 1. The zero-order chi connectivity index (χ0) is 17.2. The van der Waals surface area contributed by atoms with Gasteiger partial charge >= 0.3 is 0 Å². The Kier molecular flexibility index (Phi) is 4.68. The van der Waals surface area contributed by atoms with E-state index in [4.69, 9.17) is 4.42 Å². The zero-order valence-corrected chi connectivity index (χ0v) is 13.5. The highest BCUT2D eigenvalue weighted by Crippen LogP contribution is 2.25. The van der Waals surface area contributed by atoms with Crippen molar-refractivity contribution in [3.63, 3.8) is 0 Å². The molecule has 0 spiro atoms. The molecule has 1 amide bonds. The van der Waals surface area contributed by atoms with Gasteiger partial charge in [-0.1, -0.05) is 20.8 Å². The van der Waals surface area contributed by atoms with Gasteiger partial charge in [-0.05, 0) is 6.07 Å². The highest BCUT2D eigenvalue weighted by atomic mass is 19.1. The molecular weight excluding hydrogens is 304 g/mol. The van der Waals surface area contributed by atoms with Gasteiger partial charge in [-0.25, -0.2) is 13.8 Å². The molecule has 2 rings (SSSR count). The molecule has 0 aliphatic rings. The summed E-state index contributed by atoms with van der Waals surface area (Å²) in [4.78, 5) is 15.1. The van der Waals surface area contributed by atoms with Crippen LogP contribution in [0.3, 0.4) is 0 Å². The lowest BCUT2D eigenvalue weighted by molar-refractivity contribution is -0.114. The van der Waals surface area contributed by atoms with Crippen molar-refractivity contribution in [3.05, 3.63) is 41.6 Å². The Morgan fingerprint density at radius 2 is 1.87 bits per heavy atom. The number of nitrogens with one attached hydrogen (secondary N) is 2. The van der Waals surface area contributed by atoms with Crippen molar-refractivity contribution in [2.24, 2.45) is 0 Å². The lowest BCUT2D eigenvalue weighted by atomic mass is 9.94. The Hall–Kier alpha value is -2.44. The first-order chi connectivity index (χ1) is 10.7. The van der Waals surface area contributed by atoms with E-state index >= 15 is 0 Å². The third-order valence-corrected chi connectivity index (χ3v) is 3.09. The van der Waals surface area contributed by atoms with E-state index in [-0.39, 0.29) is 23.3 Å². The fourth-order valence-electron chi connectivity index (χ4n) is 1.88. The molecule has 0 fully saturated rings. The van der Waals surface area contributed by atoms with Crippen molar-refractivity contribution in [3.8, 4) is 0 Å². The molecule has 7 heteroatoms. The predicted molar refractivity (Wildman–Crippen MR) is 83.2 cm³/mol. The van der Waals surface area contributed by atoms with Gasteiger partial charge in [-0.2, -0.15) is 0 Å². The summed E-state index contributed by atoms with van der Waals surface area (Å²) in [6.07, 6.45) is 1.63. The standard InChI is InChI=1S/C16H19F2N3O2/c1-9(22)21-13-6-12(10(17)5-11(13)18)19-8-15-20-7-14(23-15)16(2,3)4/h5-7,19H,8H2,1-4H3,(H,21,22). The molecular formula is C16H19F2N3O2. The number of anilines is 2. The minimum atomic E-state index is -0.839. The first kappa shape index (κ1) is 16.9. The van der Waals surface area contributed by atoms with Crippen LogP contribution in [-0.4, -0.2) is 10.9 Å². The Morgan fingerprint density at radius 1 is 1.22 bits per heavy atom. The average molecular weight is 323 g/mol. The molecule has 0 atom stereocenters. The number of carbonyl (C=O) groups is 1. The summed E-state index contributed by atoms with van der Waals surface area (Å²) in [7, 11) is 0. The third kappa shape index (κ3) is 4.28. The summed E-state index contributed by atoms with van der Waals surface area (Å²) in [6.45, 7) is 7.35. The van der Waals surface area contributed by atoms with E-state index in [2.05, 4.69) is 15.6 Å². The van der Waals surface area contributed by atoms with Gasteiger partial charge in [-0.3, -0.25) is 4.79 Å². The van der Waals surface area contributed by atoms with E-state index in [9.17, 15) is 13.6 Å². The lowest BCUT2D eigenvalue weighted by Crippen LogP contribution is -2.10. The average Bonchev–Trinajstić information content (AvgIpc) is 2.89. The SMILES string of the molecule is CC(=O)Nc1cc(NCc2ncc(C(C)(C)C)o2)c(F)cc1F. The van der Waals surface area contributed by atoms with Crippen LogP contribution in [-0.2, 0) is 16.8 Å². The predicted octanol–water partition coefficient (Wildman–Crippen LogP) is 3.82. The Balaban J connectivity index is 2.14. The molecule has 0 aliphatic heterocycles. The molecule has 23 heavy (non-hydrogen) atoms. The monoisotopic (exact) mass is 323 g/mol. The maximum atomic E-state index is 13.8. The Labute approximate surface area is 133 Å². The van der Waals surface area contributed by atoms with Crippen LogP contribution in [0.15, 0.2) is 22.7 Å². The highest BCUT2D eigenvalue weighted by molar-refractivity contribution is 5.89. The first-order valence-electron chi connectivity index (χ1n) is 7.12. The molecule has 1 aromatic carbocycles. The number of oxazole rings is 1. The molecule has 1 heterocycles. The molecule has 0 bridgehead atoms. The van der Waals surface area contributed by atoms with Gasteiger partial charge in [0.2, 0.25) is 11.8 Å². The van der Waals surface area contributed by atoms with Gasteiger partial charge < -0.3 is 15.1 Å². The summed E-state index contributed by atoms with van der Waals surface area (Å²) in [5.41, 5.74) is -0.222. The lowest BCUT2D eigenvalue weighted by Gasteiger charge is -2.13. The summed E-state index contributed by atoms with van der Waals surface area (Å²) >= 11 is 0. The summed E-state index contributed by atoms with van der Waals surface area (Å²) in [5.74, 6) is -0.940. The summed E-state index contributed by atoms with van der Waals surface area (Å²) in [6, 6.07) is 1.91. The molecule has 0 saturated carbocycles. The fraction of sp³-hybridized carbons (Fsp3) is 0.375. The topological polar surface area (TPSA) is 67.2 Å². The Morgan fingerprint density at radius 3 is 2.43 bits per heavy atom. The molecule has 0 saturated heterocycles. The van der Waals surface area contributed by atoms with Crippen LogP contribution < -0.4 is 10.6 Å². The smallest absolute Gasteiger partial charge is 0.221 e. The molecule has 124 valence electrons. The van der Waals surface area contributed by atoms with Crippen molar-refractivity contribution in [1.82, 2.24) is 4.98 Å². The van der Waals surface area contributed by atoms with E-state index in [1.807, 2.05) is 20.8 Å². The maximum absolute atomic E-state index is 13.8. The van der Waals surface area contributed by atoms with Crippen LogP contribution in [0.25, 0.3) is 0 Å². The van der Waals surface area contributed by atoms with E-state index in [0.717, 1.165) is 0 Å². The number of nitrogens with zero attached hydrogens (tertiary/aromatic N) is 1. The van der Waals surface area contributed by atoms with Gasteiger partial charge in [0.05, 0.1) is 24.1 Å². The largest absolute Gasteiger partial charge is 0.443 e. The van der Waals surface area contributed by atoms with Crippen LogP contribution in [0, 0.1) is 11.6 Å². The molecule has 2 aromatic rings. The minimum Gasteiger partial charge on any atom is -0.443 e.